The maximum atomic E-state index is 12.1. The van der Waals surface area contributed by atoms with Gasteiger partial charge in [0, 0.05) is 24.0 Å². The summed E-state index contributed by atoms with van der Waals surface area (Å²) in [5.41, 5.74) is 0.238. The summed E-state index contributed by atoms with van der Waals surface area (Å²) in [6.07, 6.45) is 0.530. The average molecular weight is 344 g/mol. The molecule has 26 heavy (non-hydrogen) atoms. The lowest BCUT2D eigenvalue weighted by molar-refractivity contribution is 0.102. The predicted octanol–water partition coefficient (Wildman–Crippen LogP) is 2.38. The van der Waals surface area contributed by atoms with E-state index in [1.54, 1.807) is 12.1 Å². The molecule has 0 bridgehead atoms. The van der Waals surface area contributed by atoms with Crippen molar-refractivity contribution in [3.05, 3.63) is 45.2 Å². The Morgan fingerprint density at radius 2 is 1.15 bits per heavy atom. The number of hydrogen-bond acceptors (Lipinski definition) is 6. The van der Waals surface area contributed by atoms with Gasteiger partial charge in [-0.2, -0.15) is 9.81 Å². The van der Waals surface area contributed by atoms with E-state index in [9.17, 15) is 19.4 Å². The topological polar surface area (TPSA) is 93.0 Å². The van der Waals surface area contributed by atoms with Gasteiger partial charge in [-0.1, -0.05) is 34.3 Å². The summed E-state index contributed by atoms with van der Waals surface area (Å²) in [5.74, 6) is 18.3. The molecule has 0 amide bonds. The third kappa shape index (κ3) is 7.51. The molecule has 1 rings (SSSR count). The number of nitrogens with zero attached hydrogens (tertiary/aromatic N) is 2. The van der Waals surface area contributed by atoms with Crippen LogP contribution in [0.25, 0.3) is 0 Å². The van der Waals surface area contributed by atoms with Crippen molar-refractivity contribution in [3.8, 4) is 47.4 Å². The van der Waals surface area contributed by atoms with Gasteiger partial charge in [-0.3, -0.25) is 9.59 Å². The minimum atomic E-state index is -0.568. The van der Waals surface area contributed by atoms with Crippen LogP contribution in [0.15, 0.2) is 34.6 Å². The van der Waals surface area contributed by atoms with Gasteiger partial charge in [0.25, 0.3) is 0 Å². The quantitative estimate of drug-likeness (QED) is 0.260. The van der Waals surface area contributed by atoms with E-state index in [0.717, 1.165) is 0 Å². The molecule has 6 nitrogen and oxygen atoms in total. The molecule has 0 aliphatic heterocycles. The Morgan fingerprint density at radius 3 is 1.54 bits per heavy atom. The minimum Gasteiger partial charge on any atom is -0.279 e. The second-order valence-corrected chi connectivity index (χ2v) is 4.51. The lowest BCUT2D eigenvalue weighted by Gasteiger charge is -2.00. The number of benzene rings is 1. The summed E-state index contributed by atoms with van der Waals surface area (Å²) < 4.78 is 0. The Hall–Kier alpha value is -4.00. The lowest BCUT2D eigenvalue weighted by Crippen LogP contribution is -2.06. The molecule has 0 aromatic heterocycles. The Bertz CT molecular complexity index is 869. The smallest absolute Gasteiger partial charge is 0.237 e. The monoisotopic (exact) mass is 344 g/mol. The first-order valence-electron chi connectivity index (χ1n) is 7.44. The molecule has 0 aliphatic carbocycles. The zero-order chi connectivity index (χ0) is 19.0. The molecule has 6 heteroatoms. The zero-order valence-corrected chi connectivity index (χ0v) is 13.7. The van der Waals surface area contributed by atoms with Crippen molar-refractivity contribution in [2.75, 3.05) is 13.1 Å². The average Bonchev–Trinajstić information content (AvgIpc) is 2.67. The van der Waals surface area contributed by atoms with Gasteiger partial charge in [0.05, 0.1) is 13.1 Å². The molecule has 0 radical (unpaired) electrons. The summed E-state index contributed by atoms with van der Waals surface area (Å²) in [4.78, 5) is 44.1. The van der Waals surface area contributed by atoms with Crippen LogP contribution in [-0.4, -0.2) is 24.7 Å². The van der Waals surface area contributed by atoms with Gasteiger partial charge in [0.15, 0.2) is 0 Å². The van der Waals surface area contributed by atoms with Gasteiger partial charge >= 0.3 is 0 Å². The highest BCUT2D eigenvalue weighted by Crippen LogP contribution is 2.10. The fourth-order valence-electron chi connectivity index (χ4n) is 1.61. The SMILES string of the molecule is O=NCCC#CC#CC(=O)c1ccccc1C(=O)C#CC#CCCN=O. The minimum absolute atomic E-state index is 0.0627. The van der Waals surface area contributed by atoms with Gasteiger partial charge < -0.3 is 0 Å². The zero-order valence-electron chi connectivity index (χ0n) is 13.7. The number of ketones is 2. The molecular weight excluding hydrogens is 332 g/mol. The molecule has 1 aromatic carbocycles. The van der Waals surface area contributed by atoms with Crippen LogP contribution in [0.4, 0.5) is 0 Å². The molecule has 0 N–H and O–H groups in total. The highest BCUT2D eigenvalue weighted by molar-refractivity contribution is 6.19. The van der Waals surface area contributed by atoms with E-state index >= 15 is 0 Å². The maximum absolute atomic E-state index is 12.1. The van der Waals surface area contributed by atoms with Crippen molar-refractivity contribution in [2.24, 2.45) is 10.4 Å². The van der Waals surface area contributed by atoms with Crippen LogP contribution in [0.1, 0.15) is 33.6 Å². The van der Waals surface area contributed by atoms with E-state index in [4.69, 9.17) is 0 Å². The van der Waals surface area contributed by atoms with E-state index in [2.05, 4.69) is 57.7 Å². The third-order valence-electron chi connectivity index (χ3n) is 2.73. The van der Waals surface area contributed by atoms with Crippen LogP contribution < -0.4 is 0 Å². The molecule has 1 aromatic rings. The van der Waals surface area contributed by atoms with Crippen LogP contribution in [0.2, 0.25) is 0 Å². The van der Waals surface area contributed by atoms with Gasteiger partial charge in [-0.25, -0.2) is 0 Å². The molecule has 0 saturated heterocycles. The van der Waals surface area contributed by atoms with Crippen molar-refractivity contribution >= 4 is 11.6 Å². The van der Waals surface area contributed by atoms with Crippen LogP contribution in [0, 0.1) is 57.2 Å². The number of Topliss-reactive ketones (excluding diaryl/α,β-unsaturated/α-hetero) is 2. The normalized spacial score (nSPS) is 8.00. The van der Waals surface area contributed by atoms with Crippen molar-refractivity contribution in [1.82, 2.24) is 0 Å². The van der Waals surface area contributed by atoms with Gasteiger partial charge in [-0.15, -0.1) is 0 Å². The summed E-state index contributed by atoms with van der Waals surface area (Å²) in [6, 6.07) is 6.15. The first-order valence-corrected chi connectivity index (χ1v) is 7.44. The fraction of sp³-hybridized carbons (Fsp3) is 0.200. The van der Waals surface area contributed by atoms with Crippen molar-refractivity contribution in [1.29, 1.82) is 0 Å². The van der Waals surface area contributed by atoms with Crippen molar-refractivity contribution in [2.45, 2.75) is 12.8 Å². The third-order valence-corrected chi connectivity index (χ3v) is 2.73. The largest absolute Gasteiger partial charge is 0.279 e. The summed E-state index contributed by atoms with van der Waals surface area (Å²) in [6.45, 7) is 0.125. The summed E-state index contributed by atoms with van der Waals surface area (Å²) in [5, 5.41) is 5.29. The molecule has 0 saturated carbocycles. The van der Waals surface area contributed by atoms with E-state index in [1.165, 1.54) is 12.1 Å². The Balaban J connectivity index is 2.89. The van der Waals surface area contributed by atoms with Crippen LogP contribution >= 0.6 is 0 Å². The van der Waals surface area contributed by atoms with Crippen LogP contribution in [0.5, 0.6) is 0 Å². The van der Waals surface area contributed by atoms with Gasteiger partial charge in [0.1, 0.15) is 0 Å². The van der Waals surface area contributed by atoms with Crippen molar-refractivity contribution in [3.63, 3.8) is 0 Å². The standard InChI is InChI=1S/C20H12N2O4/c23-19(13-5-1-3-9-15-21-25)17-11-7-8-12-18(17)20(24)14-6-2-4-10-16-22-26/h7-8,11-12H,9-10,15-16H2. The first-order chi connectivity index (χ1) is 12.7. The fourth-order valence-corrected chi connectivity index (χ4v) is 1.61. The molecule has 0 heterocycles. The number of rotatable bonds is 6. The Labute approximate surface area is 150 Å². The summed E-state index contributed by atoms with van der Waals surface area (Å²) in [7, 11) is 0. The van der Waals surface area contributed by atoms with Gasteiger partial charge in [0.2, 0.25) is 11.6 Å². The molecular formula is C20H12N2O4. The number of nitroso groups, excluding NO2 is 2. The Kier molecular flexibility index (Phi) is 9.58. The summed E-state index contributed by atoms with van der Waals surface area (Å²) >= 11 is 0. The van der Waals surface area contributed by atoms with Crippen LogP contribution in [0.3, 0.4) is 0 Å². The van der Waals surface area contributed by atoms with Crippen molar-refractivity contribution < 1.29 is 9.59 Å². The second-order valence-electron chi connectivity index (χ2n) is 4.51. The highest BCUT2D eigenvalue weighted by Gasteiger charge is 2.13. The molecule has 0 atom stereocenters. The molecule has 126 valence electrons. The number of carbonyl (C=O) groups is 2. The molecule has 0 unspecified atom stereocenters. The van der Waals surface area contributed by atoms with Gasteiger partial charge in [-0.05, 0) is 47.7 Å². The van der Waals surface area contributed by atoms with Crippen LogP contribution in [-0.2, 0) is 0 Å². The molecule has 0 spiro atoms. The van der Waals surface area contributed by atoms with E-state index in [1.807, 2.05) is 0 Å². The highest BCUT2D eigenvalue weighted by atomic mass is 16.3. The lowest BCUT2D eigenvalue weighted by atomic mass is 10.0. The first kappa shape index (κ1) is 20.0. The van der Waals surface area contributed by atoms with E-state index in [-0.39, 0.29) is 37.1 Å². The number of hydrogen-bond donors (Lipinski definition) is 0. The van der Waals surface area contributed by atoms with E-state index in [0.29, 0.717) is 0 Å². The maximum Gasteiger partial charge on any atom is 0.237 e. The molecule has 0 aliphatic rings. The van der Waals surface area contributed by atoms with E-state index < -0.39 is 11.6 Å². The molecule has 0 fully saturated rings. The second kappa shape index (κ2) is 12.4. The number of carbonyl (C=O) groups excluding carboxylic acids is 2. The predicted molar refractivity (Wildman–Crippen MR) is 96.8 cm³/mol. The Morgan fingerprint density at radius 1 is 0.731 bits per heavy atom.